The van der Waals surface area contributed by atoms with Gasteiger partial charge < -0.3 is 11.1 Å². The molecule has 0 radical (unpaired) electrons. The molecule has 0 atom stereocenters. The van der Waals surface area contributed by atoms with Crippen LogP contribution in [0.15, 0.2) is 36.4 Å². The second kappa shape index (κ2) is 10.6. The second-order valence-corrected chi connectivity index (χ2v) is 7.37. The third-order valence-corrected chi connectivity index (χ3v) is 4.30. The number of hydrogen-bond donors (Lipinski definition) is 2. The topological polar surface area (TPSA) is 141 Å². The molecule has 0 saturated carbocycles. The van der Waals surface area contributed by atoms with E-state index in [0.29, 0.717) is 11.5 Å². The Balaban J connectivity index is 0.000000343. The van der Waals surface area contributed by atoms with Crippen molar-refractivity contribution >= 4 is 28.7 Å². The van der Waals surface area contributed by atoms with E-state index in [1.165, 1.54) is 23.5 Å². The molecule has 2 aromatic carbocycles. The standard InChI is InChI=1S/C11H11F3N2O3.C9H12N2O2/c1-6(2)7-3-4-9(16(18)19)8(5-7)15-10(17)11(12,13)14;1-6(2)7-3-4-9(11(12)13)8(10)5-7/h3-6H,1-2H3,(H,15,17);3-6H,10H2,1-2H3. The van der Waals surface area contributed by atoms with Crippen LogP contribution in [0.5, 0.6) is 0 Å². The molecule has 0 spiro atoms. The van der Waals surface area contributed by atoms with Gasteiger partial charge in [0.1, 0.15) is 11.4 Å². The average molecular weight is 456 g/mol. The van der Waals surface area contributed by atoms with Crippen molar-refractivity contribution in [2.75, 3.05) is 11.1 Å². The molecule has 32 heavy (non-hydrogen) atoms. The molecular weight excluding hydrogens is 433 g/mol. The summed E-state index contributed by atoms with van der Waals surface area (Å²) in [6, 6.07) is 8.52. The van der Waals surface area contributed by atoms with Gasteiger partial charge in [-0.1, -0.05) is 39.8 Å². The van der Waals surface area contributed by atoms with Gasteiger partial charge in [0, 0.05) is 12.1 Å². The first kappa shape index (κ1) is 26.3. The zero-order chi connectivity index (χ0) is 24.8. The fourth-order valence-corrected chi connectivity index (χ4v) is 2.46. The Hall–Kier alpha value is -3.70. The van der Waals surface area contributed by atoms with Crippen LogP contribution in [0.1, 0.15) is 50.7 Å². The number of nitrogens with one attached hydrogen (secondary N) is 1. The number of hydrogen-bond acceptors (Lipinski definition) is 6. The summed E-state index contributed by atoms with van der Waals surface area (Å²) in [6.45, 7) is 7.58. The van der Waals surface area contributed by atoms with Crippen LogP contribution in [-0.4, -0.2) is 21.9 Å². The summed E-state index contributed by atoms with van der Waals surface area (Å²) >= 11 is 0. The number of anilines is 2. The maximum atomic E-state index is 12.1. The van der Waals surface area contributed by atoms with Gasteiger partial charge in [-0.3, -0.25) is 25.0 Å². The number of carbonyl (C=O) groups excluding carboxylic acids is 1. The zero-order valence-corrected chi connectivity index (χ0v) is 17.8. The fraction of sp³-hybridized carbons (Fsp3) is 0.350. The molecular formula is C20H23F3N4O5. The lowest BCUT2D eigenvalue weighted by Gasteiger charge is -2.11. The molecule has 9 nitrogen and oxygen atoms in total. The van der Waals surface area contributed by atoms with E-state index in [4.69, 9.17) is 5.73 Å². The molecule has 0 aromatic heterocycles. The van der Waals surface area contributed by atoms with Gasteiger partial charge in [0.15, 0.2) is 0 Å². The minimum atomic E-state index is -5.10. The minimum Gasteiger partial charge on any atom is -0.393 e. The quantitative estimate of drug-likeness (QED) is 0.345. The van der Waals surface area contributed by atoms with Crippen LogP contribution in [0, 0.1) is 20.2 Å². The first-order valence-electron chi connectivity index (χ1n) is 9.35. The van der Waals surface area contributed by atoms with Crippen molar-refractivity contribution in [1.82, 2.24) is 0 Å². The van der Waals surface area contributed by atoms with Crippen molar-refractivity contribution in [3.05, 3.63) is 67.8 Å². The van der Waals surface area contributed by atoms with Crippen molar-refractivity contribution in [2.24, 2.45) is 0 Å². The molecule has 2 aromatic rings. The molecule has 0 fully saturated rings. The molecule has 0 aliphatic carbocycles. The largest absolute Gasteiger partial charge is 0.471 e. The average Bonchev–Trinajstić information content (AvgIpc) is 2.66. The highest BCUT2D eigenvalue weighted by Crippen LogP contribution is 2.30. The van der Waals surface area contributed by atoms with Crippen LogP contribution in [-0.2, 0) is 4.79 Å². The monoisotopic (exact) mass is 456 g/mol. The lowest BCUT2D eigenvalue weighted by molar-refractivity contribution is -0.384. The van der Waals surface area contributed by atoms with Crippen LogP contribution >= 0.6 is 0 Å². The number of nitro benzene ring substituents is 2. The maximum Gasteiger partial charge on any atom is 0.471 e. The molecule has 0 heterocycles. The van der Waals surface area contributed by atoms with Crippen LogP contribution in [0.2, 0.25) is 0 Å². The molecule has 174 valence electrons. The van der Waals surface area contributed by atoms with Crippen molar-refractivity contribution in [3.63, 3.8) is 0 Å². The molecule has 0 aliphatic heterocycles. The summed E-state index contributed by atoms with van der Waals surface area (Å²) in [7, 11) is 0. The molecule has 3 N–H and O–H groups in total. The number of amides is 1. The summed E-state index contributed by atoms with van der Waals surface area (Å²) in [5, 5.41) is 22.7. The number of nitro groups is 2. The number of benzene rings is 2. The summed E-state index contributed by atoms with van der Waals surface area (Å²) in [6.07, 6.45) is -5.10. The van der Waals surface area contributed by atoms with E-state index in [0.717, 1.165) is 11.6 Å². The molecule has 0 unspecified atom stereocenters. The lowest BCUT2D eigenvalue weighted by atomic mass is 10.0. The third kappa shape index (κ3) is 7.22. The van der Waals surface area contributed by atoms with E-state index in [2.05, 4.69) is 0 Å². The van der Waals surface area contributed by atoms with Gasteiger partial charge >= 0.3 is 12.1 Å². The van der Waals surface area contributed by atoms with E-state index in [-0.39, 0.29) is 17.3 Å². The van der Waals surface area contributed by atoms with Crippen molar-refractivity contribution in [2.45, 2.75) is 45.7 Å². The normalized spacial score (nSPS) is 11.0. The summed E-state index contributed by atoms with van der Waals surface area (Å²) in [5.74, 6) is -1.94. The number of rotatable bonds is 5. The Bertz CT molecular complexity index is 1010. The van der Waals surface area contributed by atoms with E-state index in [1.54, 1.807) is 26.0 Å². The summed E-state index contributed by atoms with van der Waals surface area (Å²) in [4.78, 5) is 30.6. The third-order valence-electron chi connectivity index (χ3n) is 4.30. The molecule has 12 heteroatoms. The molecule has 0 aliphatic rings. The Morgan fingerprint density at radius 3 is 1.72 bits per heavy atom. The second-order valence-electron chi connectivity index (χ2n) is 7.37. The first-order chi connectivity index (χ1) is 14.6. The molecule has 1 amide bonds. The number of nitrogens with zero attached hydrogens (tertiary/aromatic N) is 2. The van der Waals surface area contributed by atoms with Crippen molar-refractivity contribution in [3.8, 4) is 0 Å². The van der Waals surface area contributed by atoms with Gasteiger partial charge in [-0.2, -0.15) is 13.2 Å². The number of halogens is 3. The fourth-order valence-electron chi connectivity index (χ4n) is 2.46. The van der Waals surface area contributed by atoms with Crippen LogP contribution < -0.4 is 11.1 Å². The number of carbonyl (C=O) groups is 1. The maximum absolute atomic E-state index is 12.1. The van der Waals surface area contributed by atoms with Crippen LogP contribution in [0.4, 0.5) is 35.9 Å². The Labute approximate surface area is 181 Å². The van der Waals surface area contributed by atoms with Gasteiger partial charge in [-0.15, -0.1) is 0 Å². The van der Waals surface area contributed by atoms with Gasteiger partial charge in [0.05, 0.1) is 9.85 Å². The highest BCUT2D eigenvalue weighted by molar-refractivity contribution is 5.96. The van der Waals surface area contributed by atoms with Crippen molar-refractivity contribution < 1.29 is 27.8 Å². The van der Waals surface area contributed by atoms with Crippen LogP contribution in [0.25, 0.3) is 0 Å². The highest BCUT2D eigenvalue weighted by Gasteiger charge is 2.39. The molecule has 2 rings (SSSR count). The van der Waals surface area contributed by atoms with Gasteiger partial charge in [0.25, 0.3) is 11.4 Å². The predicted molar refractivity (Wildman–Crippen MR) is 113 cm³/mol. The van der Waals surface area contributed by atoms with E-state index in [1.807, 2.05) is 13.8 Å². The Kier molecular flexibility index (Phi) is 8.69. The van der Waals surface area contributed by atoms with E-state index < -0.39 is 33.3 Å². The Morgan fingerprint density at radius 2 is 1.34 bits per heavy atom. The van der Waals surface area contributed by atoms with E-state index >= 15 is 0 Å². The number of alkyl halides is 3. The van der Waals surface area contributed by atoms with Crippen LogP contribution in [0.3, 0.4) is 0 Å². The smallest absolute Gasteiger partial charge is 0.393 e. The van der Waals surface area contributed by atoms with Gasteiger partial charge in [0.2, 0.25) is 0 Å². The Morgan fingerprint density at radius 1 is 0.906 bits per heavy atom. The van der Waals surface area contributed by atoms with Crippen molar-refractivity contribution in [1.29, 1.82) is 0 Å². The van der Waals surface area contributed by atoms with E-state index in [9.17, 15) is 38.2 Å². The minimum absolute atomic E-state index is 0.0237. The number of nitrogens with two attached hydrogens (primary N) is 1. The summed E-state index contributed by atoms with van der Waals surface area (Å²) < 4.78 is 36.4. The highest BCUT2D eigenvalue weighted by atomic mass is 19.4. The zero-order valence-electron chi connectivity index (χ0n) is 17.8. The van der Waals surface area contributed by atoms with Gasteiger partial charge in [-0.25, -0.2) is 0 Å². The lowest BCUT2D eigenvalue weighted by Crippen LogP contribution is -2.30. The molecule has 0 bridgehead atoms. The summed E-state index contributed by atoms with van der Waals surface area (Å²) in [5.41, 5.74) is 6.29. The first-order valence-corrected chi connectivity index (χ1v) is 9.35. The SMILES string of the molecule is CC(C)c1ccc([N+](=O)[O-])c(N)c1.CC(C)c1ccc([N+](=O)[O-])c(NC(=O)C(F)(F)F)c1. The predicted octanol–water partition coefficient (Wildman–Crippen LogP) is 5.52. The van der Waals surface area contributed by atoms with Gasteiger partial charge in [-0.05, 0) is 35.1 Å². The molecule has 0 saturated heterocycles. The number of nitrogen functional groups attached to an aromatic ring is 1.